The number of rotatable bonds is 6. The molecule has 0 radical (unpaired) electrons. The van der Waals surface area contributed by atoms with Gasteiger partial charge in [0, 0.05) is 0 Å². The fraction of sp³-hybridized carbons (Fsp3) is 0.462. The predicted molar refractivity (Wildman–Crippen MR) is 68.0 cm³/mol. The van der Waals surface area contributed by atoms with E-state index < -0.39 is 6.10 Å². The average molecular weight is 250 g/mol. The number of hydrogen-bond acceptors (Lipinski definition) is 5. The lowest BCUT2D eigenvalue weighted by molar-refractivity contribution is 0.244. The summed E-state index contributed by atoms with van der Waals surface area (Å²) >= 11 is 0. The van der Waals surface area contributed by atoms with Crippen LogP contribution in [-0.4, -0.2) is 26.9 Å². The monoisotopic (exact) mass is 250 g/mol. The highest BCUT2D eigenvalue weighted by atomic mass is 16.5. The molecule has 18 heavy (non-hydrogen) atoms. The molecule has 1 rings (SSSR count). The van der Waals surface area contributed by atoms with Gasteiger partial charge in [-0.25, -0.2) is 0 Å². The van der Waals surface area contributed by atoms with Crippen LogP contribution in [-0.2, 0) is 6.42 Å². The van der Waals surface area contributed by atoms with E-state index in [1.807, 2.05) is 18.2 Å². The molecule has 98 valence electrons. The summed E-state index contributed by atoms with van der Waals surface area (Å²) in [5.74, 6) is 1.52. The van der Waals surface area contributed by atoms with Crippen molar-refractivity contribution >= 4 is 0 Å². The lowest BCUT2D eigenvalue weighted by Gasteiger charge is -2.16. The first-order valence-corrected chi connectivity index (χ1v) is 5.67. The molecule has 1 atom stereocenters. The molecular weight excluding hydrogens is 232 g/mol. The highest BCUT2D eigenvalue weighted by Gasteiger charge is 2.16. The molecule has 5 heteroatoms. The first kappa shape index (κ1) is 14.1. The zero-order chi connectivity index (χ0) is 13.5. The molecule has 2 N–H and O–H groups in total. The Morgan fingerprint density at radius 3 is 2.22 bits per heavy atom. The summed E-state index contributed by atoms with van der Waals surface area (Å²) in [7, 11) is 3.09. The zero-order valence-electron chi connectivity index (χ0n) is 10.9. The normalized spacial score (nSPS) is 11.5. The number of nitrogens with two attached hydrogens (primary N) is 1. The van der Waals surface area contributed by atoms with E-state index in [0.29, 0.717) is 23.8 Å². The molecule has 0 spiro atoms. The van der Waals surface area contributed by atoms with Crippen LogP contribution in [0.4, 0.5) is 0 Å². The number of hydrogen-bond donors (Lipinski definition) is 1. The van der Waals surface area contributed by atoms with Crippen LogP contribution in [0.2, 0.25) is 0 Å². The highest BCUT2D eigenvalue weighted by Crippen LogP contribution is 2.39. The Morgan fingerprint density at radius 2 is 1.83 bits per heavy atom. The molecule has 1 aromatic rings. The maximum atomic E-state index is 8.79. The molecular formula is C13H18N2O3. The second-order valence-electron chi connectivity index (χ2n) is 3.76. The van der Waals surface area contributed by atoms with Crippen LogP contribution in [0.15, 0.2) is 12.1 Å². The molecule has 0 saturated carbocycles. The van der Waals surface area contributed by atoms with Gasteiger partial charge in [0.15, 0.2) is 17.6 Å². The van der Waals surface area contributed by atoms with E-state index in [2.05, 4.69) is 0 Å². The van der Waals surface area contributed by atoms with E-state index in [9.17, 15) is 0 Å². The van der Waals surface area contributed by atoms with E-state index in [1.165, 1.54) is 0 Å². The van der Waals surface area contributed by atoms with E-state index in [4.69, 9.17) is 25.2 Å². The molecule has 5 nitrogen and oxygen atoms in total. The number of nitrogens with zero attached hydrogens (tertiary/aromatic N) is 1. The van der Waals surface area contributed by atoms with Gasteiger partial charge in [0.25, 0.3) is 0 Å². The minimum Gasteiger partial charge on any atom is -0.493 e. The second-order valence-corrected chi connectivity index (χ2v) is 3.76. The maximum absolute atomic E-state index is 8.79. The van der Waals surface area contributed by atoms with Crippen molar-refractivity contribution in [3.8, 4) is 23.3 Å². The first-order chi connectivity index (χ1) is 8.65. The van der Waals surface area contributed by atoms with Crippen LogP contribution < -0.4 is 19.9 Å². The van der Waals surface area contributed by atoms with E-state index in [1.54, 1.807) is 21.1 Å². The fourth-order valence-corrected chi connectivity index (χ4v) is 1.56. The standard InChI is InChI=1S/C13H18N2O3/c1-9(8-15)18-13-11(16-2)6-10(4-5-14)7-12(13)17-3/h6-7,9H,4-5,14H2,1-3H3. The van der Waals surface area contributed by atoms with E-state index in [-0.39, 0.29) is 0 Å². The van der Waals surface area contributed by atoms with Gasteiger partial charge in [-0.3, -0.25) is 0 Å². The second kappa shape index (κ2) is 6.72. The molecule has 1 unspecified atom stereocenters. The Bertz CT molecular complexity index is 415. The first-order valence-electron chi connectivity index (χ1n) is 5.67. The third-order valence-corrected chi connectivity index (χ3v) is 2.43. The van der Waals surface area contributed by atoms with Crippen molar-refractivity contribution in [3.05, 3.63) is 17.7 Å². The Kier molecular flexibility index (Phi) is 5.28. The van der Waals surface area contributed by atoms with E-state index >= 15 is 0 Å². The largest absolute Gasteiger partial charge is 0.493 e. The summed E-state index contributed by atoms with van der Waals surface area (Å²) in [5, 5.41) is 8.79. The molecule has 0 aliphatic carbocycles. The average Bonchev–Trinajstić information content (AvgIpc) is 2.39. The molecule has 1 aromatic carbocycles. The van der Waals surface area contributed by atoms with Crippen molar-refractivity contribution in [2.75, 3.05) is 20.8 Å². The van der Waals surface area contributed by atoms with Gasteiger partial charge < -0.3 is 19.9 Å². The summed E-state index contributed by atoms with van der Waals surface area (Å²) in [4.78, 5) is 0. The molecule has 0 aliphatic heterocycles. The van der Waals surface area contributed by atoms with Crippen molar-refractivity contribution in [2.45, 2.75) is 19.4 Å². The van der Waals surface area contributed by atoms with Crippen LogP contribution in [0, 0.1) is 11.3 Å². The van der Waals surface area contributed by atoms with Crippen molar-refractivity contribution < 1.29 is 14.2 Å². The fourth-order valence-electron chi connectivity index (χ4n) is 1.56. The summed E-state index contributed by atoms with van der Waals surface area (Å²) in [6.07, 6.45) is 0.147. The van der Waals surface area contributed by atoms with Crippen molar-refractivity contribution in [3.63, 3.8) is 0 Å². The Hall–Kier alpha value is -1.93. The van der Waals surface area contributed by atoms with Crippen LogP contribution >= 0.6 is 0 Å². The summed E-state index contributed by atoms with van der Waals surface area (Å²) in [5.41, 5.74) is 6.53. The van der Waals surface area contributed by atoms with Crippen LogP contribution in [0.25, 0.3) is 0 Å². The maximum Gasteiger partial charge on any atom is 0.204 e. The molecule has 0 fully saturated rings. The third kappa shape index (κ3) is 3.28. The highest BCUT2D eigenvalue weighted by molar-refractivity contribution is 5.54. The van der Waals surface area contributed by atoms with Crippen molar-refractivity contribution in [1.82, 2.24) is 0 Å². The number of ether oxygens (including phenoxy) is 3. The van der Waals surface area contributed by atoms with Crippen molar-refractivity contribution in [1.29, 1.82) is 5.26 Å². The van der Waals surface area contributed by atoms with Gasteiger partial charge in [-0.1, -0.05) is 0 Å². The minimum atomic E-state index is -0.576. The molecule has 0 heterocycles. The predicted octanol–water partition coefficient (Wildman–Crippen LogP) is 1.50. The molecule has 0 aromatic heterocycles. The lowest BCUT2D eigenvalue weighted by atomic mass is 10.1. The third-order valence-electron chi connectivity index (χ3n) is 2.43. The lowest BCUT2D eigenvalue weighted by Crippen LogP contribution is -2.11. The van der Waals surface area contributed by atoms with E-state index in [0.717, 1.165) is 12.0 Å². The molecule has 0 amide bonds. The van der Waals surface area contributed by atoms with Gasteiger partial charge in [-0.15, -0.1) is 0 Å². The summed E-state index contributed by atoms with van der Waals surface area (Å²) in [6, 6.07) is 5.69. The SMILES string of the molecule is COc1cc(CCN)cc(OC)c1OC(C)C#N. The molecule has 0 bridgehead atoms. The topological polar surface area (TPSA) is 77.5 Å². The molecule has 0 aliphatic rings. The Morgan fingerprint density at radius 1 is 1.28 bits per heavy atom. The van der Waals surface area contributed by atoms with Gasteiger partial charge in [-0.05, 0) is 37.6 Å². The smallest absolute Gasteiger partial charge is 0.204 e. The minimum absolute atomic E-state index is 0.440. The van der Waals surface area contributed by atoms with Gasteiger partial charge in [-0.2, -0.15) is 5.26 Å². The van der Waals surface area contributed by atoms with Crippen LogP contribution in [0.1, 0.15) is 12.5 Å². The van der Waals surface area contributed by atoms with Crippen LogP contribution in [0.3, 0.4) is 0 Å². The molecule has 0 saturated heterocycles. The van der Waals surface area contributed by atoms with Gasteiger partial charge >= 0.3 is 0 Å². The zero-order valence-corrected chi connectivity index (χ0v) is 10.9. The quantitative estimate of drug-likeness (QED) is 0.827. The van der Waals surface area contributed by atoms with Gasteiger partial charge in [0.1, 0.15) is 6.07 Å². The summed E-state index contributed by atoms with van der Waals surface area (Å²) < 4.78 is 16.0. The van der Waals surface area contributed by atoms with Gasteiger partial charge in [0.2, 0.25) is 5.75 Å². The number of methoxy groups -OCH3 is 2. The summed E-state index contributed by atoms with van der Waals surface area (Å²) in [6.45, 7) is 2.20. The number of benzene rings is 1. The number of nitriles is 1. The Labute approximate surface area is 107 Å². The van der Waals surface area contributed by atoms with Gasteiger partial charge in [0.05, 0.1) is 14.2 Å². The Balaban J connectivity index is 3.17. The van der Waals surface area contributed by atoms with Crippen molar-refractivity contribution in [2.24, 2.45) is 5.73 Å². The van der Waals surface area contributed by atoms with Crippen LogP contribution in [0.5, 0.6) is 17.2 Å².